The van der Waals surface area contributed by atoms with Crippen LogP contribution in [-0.2, 0) is 6.54 Å². The monoisotopic (exact) mass is 347 g/mol. The Morgan fingerprint density at radius 1 is 1.17 bits per heavy atom. The Labute approximate surface area is 147 Å². The molecule has 1 atom stereocenters. The number of nitrogens with zero attached hydrogens (tertiary/aromatic N) is 1. The molecule has 2 N–H and O–H groups in total. The minimum atomic E-state index is -0.203. The summed E-state index contributed by atoms with van der Waals surface area (Å²) in [6.07, 6.45) is 4.06. The average molecular weight is 348 g/mol. The quantitative estimate of drug-likeness (QED) is 0.839. The molecule has 1 aliphatic rings. The summed E-state index contributed by atoms with van der Waals surface area (Å²) >= 11 is 6.10. The number of hydrogen-bond donors (Lipinski definition) is 2. The molecular weight excluding hydrogens is 326 g/mol. The van der Waals surface area contributed by atoms with Crippen LogP contribution in [0, 0.1) is 0 Å². The van der Waals surface area contributed by atoms with Gasteiger partial charge in [-0.1, -0.05) is 29.8 Å². The van der Waals surface area contributed by atoms with E-state index in [0.717, 1.165) is 24.4 Å². The minimum absolute atomic E-state index is 0.0774. The van der Waals surface area contributed by atoms with Crippen LogP contribution in [0.2, 0.25) is 5.02 Å². The third kappa shape index (κ3) is 4.30. The highest BCUT2D eigenvalue weighted by molar-refractivity contribution is 6.31. The van der Waals surface area contributed by atoms with Crippen LogP contribution in [0.3, 0.4) is 0 Å². The van der Waals surface area contributed by atoms with E-state index in [1.54, 1.807) is 6.26 Å². The molecular formula is C18H22ClN3O2. The number of likely N-dealkylation sites (tertiary alicyclic amines) is 1. The Morgan fingerprint density at radius 3 is 2.67 bits per heavy atom. The number of hydrogen-bond acceptors (Lipinski definition) is 3. The molecule has 2 heterocycles. The number of halogens is 1. The fourth-order valence-electron chi connectivity index (χ4n) is 3.01. The number of nitrogens with one attached hydrogen (secondary N) is 2. The summed E-state index contributed by atoms with van der Waals surface area (Å²) in [6.45, 7) is 2.99. The van der Waals surface area contributed by atoms with Crippen molar-refractivity contribution in [3.63, 3.8) is 0 Å². The van der Waals surface area contributed by atoms with Crippen LogP contribution >= 0.6 is 11.6 Å². The van der Waals surface area contributed by atoms with Gasteiger partial charge in [-0.05, 0) is 49.7 Å². The molecule has 0 radical (unpaired) electrons. The summed E-state index contributed by atoms with van der Waals surface area (Å²) in [4.78, 5) is 14.5. The van der Waals surface area contributed by atoms with Gasteiger partial charge in [-0.3, -0.25) is 4.90 Å². The maximum absolute atomic E-state index is 12.1. The predicted octanol–water partition coefficient (Wildman–Crippen LogP) is 3.57. The standard InChI is InChI=1S/C18H22ClN3O2/c19-15-7-2-1-6-14(15)12-20-18(23)21-13-16(17-8-5-11-24-17)22-9-3-4-10-22/h1-2,5-8,11,16H,3-4,9-10,12-13H2,(H2,20,21,23). The molecule has 0 aliphatic carbocycles. The second-order valence-electron chi connectivity index (χ2n) is 5.93. The lowest BCUT2D eigenvalue weighted by molar-refractivity contribution is 0.203. The van der Waals surface area contributed by atoms with Gasteiger partial charge in [-0.25, -0.2) is 4.79 Å². The van der Waals surface area contributed by atoms with E-state index in [2.05, 4.69) is 15.5 Å². The van der Waals surface area contributed by atoms with Crippen LogP contribution in [0.1, 0.15) is 30.2 Å². The zero-order valence-corrected chi connectivity index (χ0v) is 14.3. The highest BCUT2D eigenvalue weighted by atomic mass is 35.5. The lowest BCUT2D eigenvalue weighted by atomic mass is 10.2. The molecule has 3 rings (SSSR count). The maximum atomic E-state index is 12.1. The fourth-order valence-corrected chi connectivity index (χ4v) is 3.22. The molecule has 0 bridgehead atoms. The molecule has 2 aromatic rings. The van der Waals surface area contributed by atoms with E-state index >= 15 is 0 Å². The van der Waals surface area contributed by atoms with Crippen molar-refractivity contribution in [1.82, 2.24) is 15.5 Å². The zero-order chi connectivity index (χ0) is 16.8. The number of carbonyl (C=O) groups is 1. The first-order valence-electron chi connectivity index (χ1n) is 8.26. The van der Waals surface area contributed by atoms with Crippen molar-refractivity contribution >= 4 is 17.6 Å². The molecule has 1 fully saturated rings. The smallest absolute Gasteiger partial charge is 0.315 e. The molecule has 1 unspecified atom stereocenters. The van der Waals surface area contributed by atoms with Crippen molar-refractivity contribution in [3.8, 4) is 0 Å². The van der Waals surface area contributed by atoms with Crippen LogP contribution in [0.25, 0.3) is 0 Å². The lowest BCUT2D eigenvalue weighted by Crippen LogP contribution is -2.41. The maximum Gasteiger partial charge on any atom is 0.315 e. The number of amides is 2. The summed E-state index contributed by atoms with van der Waals surface area (Å²) in [7, 11) is 0. The molecule has 2 amide bonds. The van der Waals surface area contributed by atoms with Crippen molar-refractivity contribution in [3.05, 3.63) is 59.0 Å². The van der Waals surface area contributed by atoms with Crippen LogP contribution in [0.15, 0.2) is 47.1 Å². The van der Waals surface area contributed by atoms with Crippen LogP contribution in [0.5, 0.6) is 0 Å². The summed E-state index contributed by atoms with van der Waals surface area (Å²) in [5.74, 6) is 0.892. The normalized spacial score (nSPS) is 16.0. The van der Waals surface area contributed by atoms with Crippen molar-refractivity contribution in [2.75, 3.05) is 19.6 Å². The van der Waals surface area contributed by atoms with Crippen LogP contribution in [-0.4, -0.2) is 30.6 Å². The van der Waals surface area contributed by atoms with Gasteiger partial charge in [0.1, 0.15) is 5.76 Å². The van der Waals surface area contributed by atoms with Gasteiger partial charge in [0.25, 0.3) is 0 Å². The van der Waals surface area contributed by atoms with Gasteiger partial charge in [0.2, 0.25) is 0 Å². The third-order valence-corrected chi connectivity index (χ3v) is 4.67. The fraction of sp³-hybridized carbons (Fsp3) is 0.389. The van der Waals surface area contributed by atoms with Gasteiger partial charge in [-0.2, -0.15) is 0 Å². The number of carbonyl (C=O) groups excluding carboxylic acids is 1. The van der Waals surface area contributed by atoms with Crippen molar-refractivity contribution in [1.29, 1.82) is 0 Å². The minimum Gasteiger partial charge on any atom is -0.468 e. The van der Waals surface area contributed by atoms with Gasteiger partial charge in [0, 0.05) is 18.1 Å². The number of rotatable bonds is 6. The second kappa shape index (κ2) is 8.22. The molecule has 5 nitrogen and oxygen atoms in total. The lowest BCUT2D eigenvalue weighted by Gasteiger charge is -2.26. The summed E-state index contributed by atoms with van der Waals surface area (Å²) in [5, 5.41) is 6.45. The highest BCUT2D eigenvalue weighted by Gasteiger charge is 2.25. The van der Waals surface area contributed by atoms with Crippen molar-refractivity contribution < 1.29 is 9.21 Å². The first-order chi connectivity index (χ1) is 11.7. The van der Waals surface area contributed by atoms with Gasteiger partial charge in [-0.15, -0.1) is 0 Å². The van der Waals surface area contributed by atoms with E-state index in [4.69, 9.17) is 16.0 Å². The SMILES string of the molecule is O=C(NCc1ccccc1Cl)NCC(c1ccco1)N1CCCC1. The van der Waals surface area contributed by atoms with Gasteiger partial charge >= 0.3 is 6.03 Å². The Kier molecular flexibility index (Phi) is 5.77. The molecule has 0 saturated carbocycles. The average Bonchev–Trinajstić information content (AvgIpc) is 3.28. The van der Waals surface area contributed by atoms with E-state index in [1.807, 2.05) is 36.4 Å². The largest absolute Gasteiger partial charge is 0.468 e. The Morgan fingerprint density at radius 2 is 1.96 bits per heavy atom. The molecule has 0 spiro atoms. The van der Waals surface area contributed by atoms with Gasteiger partial charge < -0.3 is 15.1 Å². The van der Waals surface area contributed by atoms with E-state index < -0.39 is 0 Å². The van der Waals surface area contributed by atoms with E-state index in [-0.39, 0.29) is 12.1 Å². The van der Waals surface area contributed by atoms with E-state index in [0.29, 0.717) is 18.1 Å². The first-order valence-corrected chi connectivity index (χ1v) is 8.64. The predicted molar refractivity (Wildman–Crippen MR) is 93.9 cm³/mol. The van der Waals surface area contributed by atoms with E-state index in [1.165, 1.54) is 12.8 Å². The van der Waals surface area contributed by atoms with Crippen LogP contribution in [0.4, 0.5) is 4.79 Å². The van der Waals surface area contributed by atoms with Gasteiger partial charge in [0.15, 0.2) is 0 Å². The molecule has 6 heteroatoms. The third-order valence-electron chi connectivity index (χ3n) is 4.31. The van der Waals surface area contributed by atoms with Crippen molar-refractivity contribution in [2.24, 2.45) is 0 Å². The zero-order valence-electron chi connectivity index (χ0n) is 13.5. The molecule has 1 saturated heterocycles. The first kappa shape index (κ1) is 16.9. The molecule has 1 aromatic carbocycles. The van der Waals surface area contributed by atoms with E-state index in [9.17, 15) is 4.79 Å². The summed E-state index contributed by atoms with van der Waals surface area (Å²) in [6, 6.07) is 11.2. The highest BCUT2D eigenvalue weighted by Crippen LogP contribution is 2.24. The molecule has 24 heavy (non-hydrogen) atoms. The Hall–Kier alpha value is -1.98. The number of furan rings is 1. The summed E-state index contributed by atoms with van der Waals surface area (Å²) in [5.41, 5.74) is 0.899. The molecule has 1 aliphatic heterocycles. The Bertz CT molecular complexity index is 654. The summed E-state index contributed by atoms with van der Waals surface area (Å²) < 4.78 is 5.55. The van der Waals surface area contributed by atoms with Gasteiger partial charge in [0.05, 0.1) is 12.3 Å². The number of benzene rings is 1. The second-order valence-corrected chi connectivity index (χ2v) is 6.34. The molecule has 1 aromatic heterocycles. The van der Waals surface area contributed by atoms with Crippen LogP contribution < -0.4 is 10.6 Å². The molecule has 128 valence electrons. The number of urea groups is 1. The topological polar surface area (TPSA) is 57.5 Å². The Balaban J connectivity index is 1.52. The van der Waals surface area contributed by atoms with Crippen molar-refractivity contribution in [2.45, 2.75) is 25.4 Å².